The van der Waals surface area contributed by atoms with Crippen LogP contribution in [0.1, 0.15) is 0 Å². The normalized spacial score (nSPS) is 8.27. The van der Waals surface area contributed by atoms with E-state index < -0.39 is 0 Å². The first-order valence-corrected chi connectivity index (χ1v) is 4.32. The average Bonchev–Trinajstić information content (AvgIpc) is 2.21. The largest absolute Gasteiger partial charge is 1.00 e. The molecule has 3 heteroatoms. The van der Waals surface area contributed by atoms with E-state index in [2.05, 4.69) is 5.32 Å². The van der Waals surface area contributed by atoms with Crippen LogP contribution in [0.3, 0.4) is 0 Å². The number of hydrogen-bond donors (Lipinski definition) is 1. The van der Waals surface area contributed by atoms with Crippen LogP contribution in [0.25, 0.3) is 0 Å². The molecular formula is C12H11CuIN. The van der Waals surface area contributed by atoms with Gasteiger partial charge in [-0.05, 0) is 24.3 Å². The molecule has 0 atom stereocenters. The first kappa shape index (κ1) is 14.5. The molecule has 0 heterocycles. The summed E-state index contributed by atoms with van der Waals surface area (Å²) in [7, 11) is 0. The van der Waals surface area contributed by atoms with Gasteiger partial charge in [0, 0.05) is 11.4 Å². The zero-order chi connectivity index (χ0) is 8.93. The zero-order valence-electron chi connectivity index (χ0n) is 7.95. The Kier molecular flexibility index (Phi) is 7.48. The van der Waals surface area contributed by atoms with Crippen LogP contribution in [0.2, 0.25) is 0 Å². The van der Waals surface area contributed by atoms with Gasteiger partial charge in [-0.2, -0.15) is 0 Å². The van der Waals surface area contributed by atoms with Crippen molar-refractivity contribution in [2.75, 3.05) is 5.32 Å². The summed E-state index contributed by atoms with van der Waals surface area (Å²) >= 11 is 0. The first-order chi connectivity index (χ1) is 6.45. The SMILES string of the molecule is [Cu+].[I-].c1ccc(Nc2ccccc2)cc1. The van der Waals surface area contributed by atoms with E-state index in [1.807, 2.05) is 60.7 Å². The van der Waals surface area contributed by atoms with Crippen molar-refractivity contribution in [3.63, 3.8) is 0 Å². The van der Waals surface area contributed by atoms with E-state index in [1.54, 1.807) is 0 Å². The van der Waals surface area contributed by atoms with Gasteiger partial charge in [-0.25, -0.2) is 0 Å². The monoisotopic (exact) mass is 359 g/mol. The topological polar surface area (TPSA) is 12.0 Å². The molecule has 82 valence electrons. The summed E-state index contributed by atoms with van der Waals surface area (Å²) in [5.74, 6) is 0. The van der Waals surface area contributed by atoms with Crippen LogP contribution in [0.5, 0.6) is 0 Å². The molecule has 0 amide bonds. The molecule has 2 aromatic carbocycles. The molecule has 0 fully saturated rings. The van der Waals surface area contributed by atoms with Crippen molar-refractivity contribution in [1.82, 2.24) is 0 Å². The van der Waals surface area contributed by atoms with Crippen molar-refractivity contribution >= 4 is 11.4 Å². The Morgan fingerprint density at radius 3 is 1.27 bits per heavy atom. The van der Waals surface area contributed by atoms with Crippen molar-refractivity contribution in [3.05, 3.63) is 60.7 Å². The van der Waals surface area contributed by atoms with Gasteiger partial charge in [0.2, 0.25) is 0 Å². The van der Waals surface area contributed by atoms with Crippen LogP contribution in [0.15, 0.2) is 60.7 Å². The molecule has 0 bridgehead atoms. The number of benzene rings is 2. The van der Waals surface area contributed by atoms with Gasteiger partial charge >= 0.3 is 17.1 Å². The van der Waals surface area contributed by atoms with Gasteiger partial charge in [-0.1, -0.05) is 36.4 Å². The second-order valence-corrected chi connectivity index (χ2v) is 2.86. The van der Waals surface area contributed by atoms with E-state index in [0.717, 1.165) is 11.4 Å². The Morgan fingerprint density at radius 1 is 0.600 bits per heavy atom. The molecule has 0 spiro atoms. The smallest absolute Gasteiger partial charge is 1.00 e. The van der Waals surface area contributed by atoms with Crippen molar-refractivity contribution in [3.8, 4) is 0 Å². The molecule has 0 aliphatic heterocycles. The molecule has 15 heavy (non-hydrogen) atoms. The zero-order valence-corrected chi connectivity index (χ0v) is 11.1. The van der Waals surface area contributed by atoms with Crippen LogP contribution in [-0.2, 0) is 17.1 Å². The van der Waals surface area contributed by atoms with Gasteiger partial charge in [0.15, 0.2) is 0 Å². The molecule has 0 saturated heterocycles. The average molecular weight is 360 g/mol. The van der Waals surface area contributed by atoms with Gasteiger partial charge in [0.1, 0.15) is 0 Å². The van der Waals surface area contributed by atoms with E-state index >= 15 is 0 Å². The molecule has 0 saturated carbocycles. The number of hydrogen-bond acceptors (Lipinski definition) is 1. The molecule has 0 aliphatic rings. The predicted octanol–water partition coefficient (Wildman–Crippen LogP) is 0.432. The standard InChI is InChI=1S/C12H11N.Cu.HI/c1-3-7-11(8-4-1)13-12-9-5-2-6-10-12;;/h1-10,13H;;1H/q;+1;/p-1. The molecular weight excluding hydrogens is 349 g/mol. The van der Waals surface area contributed by atoms with Crippen LogP contribution in [0, 0.1) is 0 Å². The molecule has 1 nitrogen and oxygen atoms in total. The maximum absolute atomic E-state index is 3.30. The van der Waals surface area contributed by atoms with E-state index in [9.17, 15) is 0 Å². The molecule has 0 aliphatic carbocycles. The summed E-state index contributed by atoms with van der Waals surface area (Å²) in [6.07, 6.45) is 0. The fraction of sp³-hybridized carbons (Fsp3) is 0. The van der Waals surface area contributed by atoms with Crippen LogP contribution in [-0.4, -0.2) is 0 Å². The number of rotatable bonds is 2. The summed E-state index contributed by atoms with van der Waals surface area (Å²) in [5, 5.41) is 3.30. The van der Waals surface area contributed by atoms with Crippen molar-refractivity contribution in [2.24, 2.45) is 0 Å². The number of halogens is 1. The van der Waals surface area contributed by atoms with Gasteiger partial charge in [0.05, 0.1) is 0 Å². The van der Waals surface area contributed by atoms with Crippen molar-refractivity contribution < 1.29 is 41.0 Å². The minimum Gasteiger partial charge on any atom is -1.00 e. The van der Waals surface area contributed by atoms with Crippen LogP contribution >= 0.6 is 0 Å². The predicted molar refractivity (Wildman–Crippen MR) is 56.2 cm³/mol. The Balaban J connectivity index is 0.000000980. The maximum atomic E-state index is 3.30. The summed E-state index contributed by atoms with van der Waals surface area (Å²) in [6.45, 7) is 0. The second-order valence-electron chi connectivity index (χ2n) is 2.86. The van der Waals surface area contributed by atoms with Crippen LogP contribution < -0.4 is 29.3 Å². The fourth-order valence-electron chi connectivity index (χ4n) is 1.21. The molecule has 2 rings (SSSR count). The number of nitrogens with one attached hydrogen (secondary N) is 1. The minimum atomic E-state index is 0. The van der Waals surface area contributed by atoms with E-state index in [1.165, 1.54) is 0 Å². The van der Waals surface area contributed by atoms with E-state index in [4.69, 9.17) is 0 Å². The van der Waals surface area contributed by atoms with Crippen molar-refractivity contribution in [2.45, 2.75) is 0 Å². The third-order valence-electron chi connectivity index (χ3n) is 1.84. The van der Waals surface area contributed by atoms with Crippen molar-refractivity contribution in [1.29, 1.82) is 0 Å². The Morgan fingerprint density at radius 2 is 0.933 bits per heavy atom. The molecule has 2 aromatic rings. The Labute approximate surface area is 118 Å². The summed E-state index contributed by atoms with van der Waals surface area (Å²) in [5.41, 5.74) is 2.24. The molecule has 0 unspecified atom stereocenters. The van der Waals surface area contributed by atoms with Gasteiger partial charge < -0.3 is 29.3 Å². The minimum absolute atomic E-state index is 0. The molecule has 1 N–H and O–H groups in total. The third-order valence-corrected chi connectivity index (χ3v) is 1.84. The van der Waals surface area contributed by atoms with E-state index in [0.29, 0.717) is 0 Å². The number of anilines is 2. The summed E-state index contributed by atoms with van der Waals surface area (Å²) < 4.78 is 0. The number of para-hydroxylation sites is 2. The van der Waals surface area contributed by atoms with E-state index in [-0.39, 0.29) is 41.0 Å². The van der Waals surface area contributed by atoms with Crippen LogP contribution in [0.4, 0.5) is 11.4 Å². The quantitative estimate of drug-likeness (QED) is 0.606. The Bertz CT molecular complexity index is 326. The fourth-order valence-corrected chi connectivity index (χ4v) is 1.21. The molecule has 0 aromatic heterocycles. The Hall–Kier alpha value is -0.511. The molecule has 0 radical (unpaired) electrons. The third kappa shape index (κ3) is 4.69. The maximum Gasteiger partial charge on any atom is 1.00 e. The van der Waals surface area contributed by atoms with Gasteiger partial charge in [0.25, 0.3) is 0 Å². The summed E-state index contributed by atoms with van der Waals surface area (Å²) in [6, 6.07) is 20.3. The second kappa shape index (κ2) is 7.74. The summed E-state index contributed by atoms with van der Waals surface area (Å²) in [4.78, 5) is 0. The van der Waals surface area contributed by atoms with Gasteiger partial charge in [-0.15, -0.1) is 0 Å². The first-order valence-electron chi connectivity index (χ1n) is 4.32. The van der Waals surface area contributed by atoms with Gasteiger partial charge in [-0.3, -0.25) is 0 Å².